The smallest absolute Gasteiger partial charge is 0.127 e. The zero-order valence-corrected chi connectivity index (χ0v) is 13.3. The predicted molar refractivity (Wildman–Crippen MR) is 86.5 cm³/mol. The second-order valence-corrected chi connectivity index (χ2v) is 5.15. The van der Waals surface area contributed by atoms with E-state index >= 15 is 0 Å². The first kappa shape index (κ1) is 15.7. The maximum atomic E-state index is 6.26. The number of nitrogens with one attached hydrogen (secondary N) is 1. The lowest BCUT2D eigenvalue weighted by atomic mass is 9.98. The van der Waals surface area contributed by atoms with Crippen molar-refractivity contribution in [2.45, 2.75) is 12.5 Å². The molecule has 1 N–H and O–H groups in total. The van der Waals surface area contributed by atoms with Crippen LogP contribution in [0.1, 0.15) is 17.2 Å². The highest BCUT2D eigenvalue weighted by molar-refractivity contribution is 6.31. The second-order valence-electron chi connectivity index (χ2n) is 4.74. The largest absolute Gasteiger partial charge is 0.497 e. The Morgan fingerprint density at radius 3 is 2.48 bits per heavy atom. The predicted octanol–water partition coefficient (Wildman–Crippen LogP) is 3.86. The summed E-state index contributed by atoms with van der Waals surface area (Å²) in [4.78, 5) is 0. The van der Waals surface area contributed by atoms with Gasteiger partial charge in [-0.05, 0) is 31.2 Å². The van der Waals surface area contributed by atoms with Gasteiger partial charge in [0.1, 0.15) is 11.5 Å². The first-order valence-corrected chi connectivity index (χ1v) is 7.20. The van der Waals surface area contributed by atoms with Gasteiger partial charge in [0.2, 0.25) is 0 Å². The van der Waals surface area contributed by atoms with Crippen LogP contribution in [0.3, 0.4) is 0 Å². The second kappa shape index (κ2) is 7.34. The van der Waals surface area contributed by atoms with E-state index in [-0.39, 0.29) is 6.04 Å². The number of ether oxygens (including phenoxy) is 2. The van der Waals surface area contributed by atoms with Gasteiger partial charge in [-0.3, -0.25) is 0 Å². The molecule has 0 amide bonds. The van der Waals surface area contributed by atoms with Crippen molar-refractivity contribution >= 4 is 11.6 Å². The third-order valence-electron chi connectivity index (χ3n) is 3.55. The van der Waals surface area contributed by atoms with E-state index in [0.717, 1.165) is 34.1 Å². The standard InChI is InChI=1S/C17H20ClNO2/c1-19-16(10-12-6-4-5-7-15(12)18)14-9-8-13(20-2)11-17(14)21-3/h4-9,11,16,19H,10H2,1-3H3. The van der Waals surface area contributed by atoms with Gasteiger partial charge >= 0.3 is 0 Å². The van der Waals surface area contributed by atoms with Crippen LogP contribution in [-0.2, 0) is 6.42 Å². The van der Waals surface area contributed by atoms with E-state index in [1.165, 1.54) is 0 Å². The van der Waals surface area contributed by atoms with Gasteiger partial charge in [0.15, 0.2) is 0 Å². The van der Waals surface area contributed by atoms with Gasteiger partial charge < -0.3 is 14.8 Å². The average Bonchev–Trinajstić information content (AvgIpc) is 2.53. The van der Waals surface area contributed by atoms with E-state index in [4.69, 9.17) is 21.1 Å². The summed E-state index contributed by atoms with van der Waals surface area (Å²) in [5.74, 6) is 1.59. The van der Waals surface area contributed by atoms with Crippen LogP contribution in [0.15, 0.2) is 42.5 Å². The minimum absolute atomic E-state index is 0.116. The number of halogens is 1. The molecular formula is C17H20ClNO2. The molecule has 3 nitrogen and oxygen atoms in total. The van der Waals surface area contributed by atoms with Crippen molar-refractivity contribution in [1.82, 2.24) is 5.32 Å². The Kier molecular flexibility index (Phi) is 5.48. The average molecular weight is 306 g/mol. The lowest BCUT2D eigenvalue weighted by Gasteiger charge is -2.20. The maximum Gasteiger partial charge on any atom is 0.127 e. The molecule has 112 valence electrons. The van der Waals surface area contributed by atoms with Crippen LogP contribution < -0.4 is 14.8 Å². The van der Waals surface area contributed by atoms with Gasteiger partial charge in [-0.2, -0.15) is 0 Å². The Morgan fingerprint density at radius 1 is 1.10 bits per heavy atom. The number of benzene rings is 2. The maximum absolute atomic E-state index is 6.26. The highest BCUT2D eigenvalue weighted by atomic mass is 35.5. The fourth-order valence-corrected chi connectivity index (χ4v) is 2.57. The quantitative estimate of drug-likeness (QED) is 0.879. The zero-order valence-electron chi connectivity index (χ0n) is 12.5. The summed E-state index contributed by atoms with van der Waals surface area (Å²) in [5.41, 5.74) is 2.19. The molecule has 1 atom stereocenters. The number of methoxy groups -OCH3 is 2. The highest BCUT2D eigenvalue weighted by Crippen LogP contribution is 2.32. The molecule has 2 aromatic carbocycles. The Labute approximate surface area is 130 Å². The van der Waals surface area contributed by atoms with E-state index in [0.29, 0.717) is 0 Å². The van der Waals surface area contributed by atoms with Gasteiger partial charge in [-0.15, -0.1) is 0 Å². The summed E-state index contributed by atoms with van der Waals surface area (Å²) in [7, 11) is 5.25. The third-order valence-corrected chi connectivity index (χ3v) is 3.92. The first-order valence-electron chi connectivity index (χ1n) is 6.82. The molecule has 0 aliphatic carbocycles. The Bertz CT molecular complexity index is 601. The molecule has 21 heavy (non-hydrogen) atoms. The van der Waals surface area contributed by atoms with Crippen molar-refractivity contribution in [3.63, 3.8) is 0 Å². The number of hydrogen-bond donors (Lipinski definition) is 1. The Balaban J connectivity index is 2.31. The molecule has 0 fully saturated rings. The molecule has 4 heteroatoms. The van der Waals surface area contributed by atoms with Crippen LogP contribution in [-0.4, -0.2) is 21.3 Å². The number of likely N-dealkylation sites (N-methyl/N-ethyl adjacent to an activating group) is 1. The van der Waals surface area contributed by atoms with Crippen LogP contribution in [0.25, 0.3) is 0 Å². The summed E-state index contributed by atoms with van der Waals surface area (Å²) in [6, 6.07) is 13.9. The van der Waals surface area contributed by atoms with Gasteiger partial charge in [-0.25, -0.2) is 0 Å². The van der Waals surface area contributed by atoms with E-state index in [1.54, 1.807) is 14.2 Å². The lowest BCUT2D eigenvalue weighted by Crippen LogP contribution is -2.19. The molecule has 0 aliphatic rings. The van der Waals surface area contributed by atoms with Crippen molar-refractivity contribution in [3.8, 4) is 11.5 Å². The molecule has 2 rings (SSSR count). The molecule has 0 bridgehead atoms. The van der Waals surface area contributed by atoms with Gasteiger partial charge in [-0.1, -0.05) is 35.9 Å². The molecule has 1 unspecified atom stereocenters. The zero-order chi connectivity index (χ0) is 15.2. The molecule has 0 aliphatic heterocycles. The van der Waals surface area contributed by atoms with E-state index < -0.39 is 0 Å². The first-order chi connectivity index (χ1) is 10.2. The van der Waals surface area contributed by atoms with Gasteiger partial charge in [0.25, 0.3) is 0 Å². The normalized spacial score (nSPS) is 12.0. The van der Waals surface area contributed by atoms with Crippen LogP contribution >= 0.6 is 11.6 Å². The summed E-state index contributed by atoms with van der Waals surface area (Å²) >= 11 is 6.26. The minimum Gasteiger partial charge on any atom is -0.497 e. The fourth-order valence-electron chi connectivity index (χ4n) is 2.36. The van der Waals surface area contributed by atoms with Crippen LogP contribution in [0.2, 0.25) is 5.02 Å². The SMILES string of the molecule is CNC(Cc1ccccc1Cl)c1ccc(OC)cc1OC. The van der Waals surface area contributed by atoms with E-state index in [1.807, 2.05) is 49.5 Å². The minimum atomic E-state index is 0.116. The fraction of sp³-hybridized carbons (Fsp3) is 0.294. The summed E-state index contributed by atoms with van der Waals surface area (Å²) in [6.07, 6.45) is 0.791. The molecule has 0 saturated carbocycles. The van der Waals surface area contributed by atoms with Crippen LogP contribution in [0, 0.1) is 0 Å². The molecule has 0 saturated heterocycles. The van der Waals surface area contributed by atoms with Crippen molar-refractivity contribution in [2.24, 2.45) is 0 Å². The summed E-state index contributed by atoms with van der Waals surface area (Å²) in [6.45, 7) is 0. The van der Waals surface area contributed by atoms with Crippen molar-refractivity contribution in [2.75, 3.05) is 21.3 Å². The Morgan fingerprint density at radius 2 is 1.86 bits per heavy atom. The van der Waals surface area contributed by atoms with E-state index in [2.05, 4.69) is 5.32 Å². The molecule has 2 aromatic rings. The van der Waals surface area contributed by atoms with Crippen LogP contribution in [0.4, 0.5) is 0 Å². The monoisotopic (exact) mass is 305 g/mol. The summed E-state index contributed by atoms with van der Waals surface area (Å²) < 4.78 is 10.7. The number of rotatable bonds is 6. The number of hydrogen-bond acceptors (Lipinski definition) is 3. The van der Waals surface area contributed by atoms with Gasteiger partial charge in [0, 0.05) is 22.7 Å². The van der Waals surface area contributed by atoms with Crippen molar-refractivity contribution in [3.05, 3.63) is 58.6 Å². The van der Waals surface area contributed by atoms with Crippen LogP contribution in [0.5, 0.6) is 11.5 Å². The lowest BCUT2D eigenvalue weighted by molar-refractivity contribution is 0.385. The molecule has 0 aromatic heterocycles. The third kappa shape index (κ3) is 3.69. The van der Waals surface area contributed by atoms with E-state index in [9.17, 15) is 0 Å². The highest BCUT2D eigenvalue weighted by Gasteiger charge is 2.17. The Hall–Kier alpha value is -1.71. The van der Waals surface area contributed by atoms with Crippen molar-refractivity contribution < 1.29 is 9.47 Å². The molecular weight excluding hydrogens is 286 g/mol. The van der Waals surface area contributed by atoms with Crippen molar-refractivity contribution in [1.29, 1.82) is 0 Å². The summed E-state index contributed by atoms with van der Waals surface area (Å²) in [5, 5.41) is 4.11. The molecule has 0 heterocycles. The topological polar surface area (TPSA) is 30.5 Å². The van der Waals surface area contributed by atoms with Gasteiger partial charge in [0.05, 0.1) is 14.2 Å². The molecule has 0 spiro atoms. The molecule has 0 radical (unpaired) electrons.